The summed E-state index contributed by atoms with van der Waals surface area (Å²) in [6.45, 7) is 2.99. The van der Waals surface area contributed by atoms with Crippen molar-refractivity contribution < 1.29 is 10.5 Å². The molecular formula is C10H21N2O+. The van der Waals surface area contributed by atoms with Crippen LogP contribution in [-0.4, -0.2) is 18.5 Å². The summed E-state index contributed by atoms with van der Waals surface area (Å²) in [7, 11) is 0. The van der Waals surface area contributed by atoms with Crippen LogP contribution in [0.4, 0.5) is 0 Å². The molecule has 0 atom stereocenters. The van der Waals surface area contributed by atoms with E-state index in [1.165, 1.54) is 12.8 Å². The topological polar surface area (TPSA) is 56.7 Å². The monoisotopic (exact) mass is 185 g/mol. The van der Waals surface area contributed by atoms with Crippen LogP contribution in [0.5, 0.6) is 0 Å². The molecular weight excluding hydrogens is 164 g/mol. The first-order valence-corrected chi connectivity index (χ1v) is 5.31. The predicted octanol–water partition coefficient (Wildman–Crippen LogP) is 0.313. The van der Waals surface area contributed by atoms with Crippen LogP contribution in [0.15, 0.2) is 0 Å². The molecule has 0 bridgehead atoms. The second kappa shape index (κ2) is 5.22. The van der Waals surface area contributed by atoms with Crippen molar-refractivity contribution in [1.29, 1.82) is 0 Å². The zero-order valence-corrected chi connectivity index (χ0v) is 8.51. The second-order valence-corrected chi connectivity index (χ2v) is 4.13. The van der Waals surface area contributed by atoms with E-state index in [4.69, 9.17) is 0 Å². The van der Waals surface area contributed by atoms with Crippen molar-refractivity contribution in [3.8, 4) is 0 Å². The molecule has 1 fully saturated rings. The summed E-state index contributed by atoms with van der Waals surface area (Å²) < 4.78 is 0. The number of hydrogen-bond donors (Lipinski definition) is 2. The van der Waals surface area contributed by atoms with E-state index in [1.54, 1.807) is 0 Å². The first-order chi connectivity index (χ1) is 6.22. The third-order valence-electron chi connectivity index (χ3n) is 2.78. The zero-order valence-electron chi connectivity index (χ0n) is 8.51. The van der Waals surface area contributed by atoms with Crippen molar-refractivity contribution in [3.63, 3.8) is 0 Å². The van der Waals surface area contributed by atoms with Gasteiger partial charge in [-0.2, -0.15) is 0 Å². The Hall–Kier alpha value is -0.570. The average molecular weight is 185 g/mol. The molecule has 1 aliphatic carbocycles. The molecule has 3 nitrogen and oxygen atoms in total. The first kappa shape index (κ1) is 10.5. The van der Waals surface area contributed by atoms with E-state index < -0.39 is 0 Å². The Kier molecular flexibility index (Phi) is 4.22. The number of carbonyl (C=O) groups excluding carboxylic acids is 1. The second-order valence-electron chi connectivity index (χ2n) is 4.13. The van der Waals surface area contributed by atoms with Gasteiger partial charge in [-0.1, -0.05) is 6.92 Å². The molecule has 1 aliphatic rings. The highest BCUT2D eigenvalue weighted by molar-refractivity contribution is 5.76. The maximum atomic E-state index is 11.2. The van der Waals surface area contributed by atoms with Gasteiger partial charge >= 0.3 is 0 Å². The van der Waals surface area contributed by atoms with Crippen LogP contribution < -0.4 is 11.1 Å². The summed E-state index contributed by atoms with van der Waals surface area (Å²) in [5.74, 6) is 1.02. The van der Waals surface area contributed by atoms with Crippen LogP contribution in [0, 0.1) is 5.92 Å². The maximum Gasteiger partial charge on any atom is 0.225 e. The molecule has 4 N–H and O–H groups in total. The Labute approximate surface area is 80.1 Å². The lowest BCUT2D eigenvalue weighted by atomic mass is 9.87. The van der Waals surface area contributed by atoms with Crippen LogP contribution in [0.3, 0.4) is 0 Å². The molecule has 0 aromatic heterocycles. The fourth-order valence-corrected chi connectivity index (χ4v) is 1.86. The summed E-state index contributed by atoms with van der Waals surface area (Å²) in [5, 5.41) is 3.06. The quantitative estimate of drug-likeness (QED) is 0.653. The standard InChI is InChI=1S/C10H20N2O/c1-8-2-4-9(5-3-8)12-10(13)6-7-11/h8-9H,2-7,11H2,1H3,(H,12,13)/p+1. The van der Waals surface area contributed by atoms with Crippen molar-refractivity contribution in [3.05, 3.63) is 0 Å². The summed E-state index contributed by atoms with van der Waals surface area (Å²) in [4.78, 5) is 11.2. The van der Waals surface area contributed by atoms with Crippen LogP contribution in [0.25, 0.3) is 0 Å². The van der Waals surface area contributed by atoms with Gasteiger partial charge < -0.3 is 11.1 Å². The highest BCUT2D eigenvalue weighted by Gasteiger charge is 2.19. The maximum absolute atomic E-state index is 11.2. The SMILES string of the molecule is CC1CCC(NC(=O)CC[NH3+])CC1. The summed E-state index contributed by atoms with van der Waals surface area (Å²) in [5.41, 5.74) is 3.67. The normalized spacial score (nSPS) is 28.5. The molecule has 1 saturated carbocycles. The number of amides is 1. The third-order valence-corrected chi connectivity index (χ3v) is 2.78. The summed E-state index contributed by atoms with van der Waals surface area (Å²) in [6, 6.07) is 0.440. The van der Waals surface area contributed by atoms with Crippen LogP contribution in [0.1, 0.15) is 39.0 Å². The lowest BCUT2D eigenvalue weighted by Crippen LogP contribution is -2.52. The smallest absolute Gasteiger partial charge is 0.225 e. The van der Waals surface area contributed by atoms with Gasteiger partial charge in [-0.05, 0) is 31.6 Å². The van der Waals surface area contributed by atoms with E-state index in [0.29, 0.717) is 19.0 Å². The van der Waals surface area contributed by atoms with E-state index >= 15 is 0 Å². The predicted molar refractivity (Wildman–Crippen MR) is 51.9 cm³/mol. The minimum Gasteiger partial charge on any atom is -0.357 e. The van der Waals surface area contributed by atoms with Gasteiger partial charge in [0.05, 0.1) is 13.0 Å². The summed E-state index contributed by atoms with van der Waals surface area (Å²) in [6.07, 6.45) is 5.41. The molecule has 0 heterocycles. The number of carbonyl (C=O) groups is 1. The van der Waals surface area contributed by atoms with Gasteiger partial charge in [0.15, 0.2) is 0 Å². The molecule has 76 valence electrons. The largest absolute Gasteiger partial charge is 0.357 e. The Balaban J connectivity index is 2.18. The average Bonchev–Trinajstić information content (AvgIpc) is 2.09. The van der Waals surface area contributed by atoms with E-state index in [0.717, 1.165) is 18.8 Å². The number of hydrogen-bond acceptors (Lipinski definition) is 1. The number of rotatable bonds is 3. The van der Waals surface area contributed by atoms with Gasteiger partial charge in [-0.3, -0.25) is 4.79 Å². The molecule has 0 spiro atoms. The van der Waals surface area contributed by atoms with Gasteiger partial charge in [-0.15, -0.1) is 0 Å². The minimum absolute atomic E-state index is 0.176. The Morgan fingerprint density at radius 1 is 1.38 bits per heavy atom. The van der Waals surface area contributed by atoms with E-state index in [-0.39, 0.29) is 5.91 Å². The molecule has 3 heteroatoms. The van der Waals surface area contributed by atoms with Crippen molar-refractivity contribution in [2.24, 2.45) is 5.92 Å². The van der Waals surface area contributed by atoms with Crippen molar-refractivity contribution in [2.45, 2.75) is 45.1 Å². The Morgan fingerprint density at radius 3 is 2.54 bits per heavy atom. The fraction of sp³-hybridized carbons (Fsp3) is 0.900. The first-order valence-electron chi connectivity index (χ1n) is 5.31. The highest BCUT2D eigenvalue weighted by atomic mass is 16.1. The summed E-state index contributed by atoms with van der Waals surface area (Å²) >= 11 is 0. The highest BCUT2D eigenvalue weighted by Crippen LogP contribution is 2.23. The van der Waals surface area contributed by atoms with E-state index in [1.807, 2.05) is 0 Å². The number of quaternary nitrogens is 1. The number of nitrogens with one attached hydrogen (secondary N) is 1. The van der Waals surface area contributed by atoms with Gasteiger partial charge in [0.1, 0.15) is 0 Å². The van der Waals surface area contributed by atoms with Gasteiger partial charge in [-0.25, -0.2) is 0 Å². The van der Waals surface area contributed by atoms with E-state index in [2.05, 4.69) is 18.0 Å². The van der Waals surface area contributed by atoms with Crippen LogP contribution in [0.2, 0.25) is 0 Å². The lowest BCUT2D eigenvalue weighted by molar-refractivity contribution is -0.366. The van der Waals surface area contributed by atoms with Crippen LogP contribution in [-0.2, 0) is 4.79 Å². The Bertz CT molecular complexity index is 162. The molecule has 0 saturated heterocycles. The minimum atomic E-state index is 0.176. The van der Waals surface area contributed by atoms with Crippen molar-refractivity contribution >= 4 is 5.91 Å². The van der Waals surface area contributed by atoms with Gasteiger partial charge in [0.25, 0.3) is 0 Å². The molecule has 0 aromatic carbocycles. The van der Waals surface area contributed by atoms with E-state index in [9.17, 15) is 4.79 Å². The fourth-order valence-electron chi connectivity index (χ4n) is 1.86. The molecule has 13 heavy (non-hydrogen) atoms. The molecule has 0 radical (unpaired) electrons. The zero-order chi connectivity index (χ0) is 9.68. The molecule has 1 amide bonds. The molecule has 0 unspecified atom stereocenters. The van der Waals surface area contributed by atoms with Gasteiger partial charge in [0, 0.05) is 6.04 Å². The van der Waals surface area contributed by atoms with Crippen molar-refractivity contribution in [1.82, 2.24) is 5.32 Å². The third kappa shape index (κ3) is 3.77. The molecule has 1 rings (SSSR count). The molecule has 0 aliphatic heterocycles. The lowest BCUT2D eigenvalue weighted by Gasteiger charge is -2.26. The van der Waals surface area contributed by atoms with Gasteiger partial charge in [0.2, 0.25) is 5.91 Å². The molecule has 0 aromatic rings. The van der Waals surface area contributed by atoms with Crippen molar-refractivity contribution in [2.75, 3.05) is 6.54 Å². The van der Waals surface area contributed by atoms with Crippen LogP contribution >= 0.6 is 0 Å². The Morgan fingerprint density at radius 2 is 2.00 bits per heavy atom.